The van der Waals surface area contributed by atoms with Crippen LogP contribution in [0.4, 0.5) is 5.88 Å². The lowest BCUT2D eigenvalue weighted by molar-refractivity contribution is -0.105. The topological polar surface area (TPSA) is 60.1 Å². The Morgan fingerprint density at radius 3 is 2.75 bits per heavy atom. The van der Waals surface area contributed by atoms with Crippen LogP contribution in [0.25, 0.3) is 22.2 Å². The van der Waals surface area contributed by atoms with Crippen LogP contribution in [0.5, 0.6) is 0 Å². The summed E-state index contributed by atoms with van der Waals surface area (Å²) in [7, 11) is 0. The van der Waals surface area contributed by atoms with Crippen molar-refractivity contribution in [2.75, 3.05) is 5.32 Å². The molecule has 0 radical (unpaired) electrons. The molecule has 0 unspecified atom stereocenters. The fraction of sp³-hybridized carbons (Fsp3) is 0.0526. The Labute approximate surface area is 138 Å². The van der Waals surface area contributed by atoms with Crippen LogP contribution in [0.3, 0.4) is 0 Å². The molecular weight excluding hydrogens is 302 g/mol. The second-order valence-electron chi connectivity index (χ2n) is 5.54. The molecule has 1 amide bonds. The number of rotatable bonds is 5. The van der Waals surface area contributed by atoms with Gasteiger partial charge < -0.3 is 9.09 Å². The van der Waals surface area contributed by atoms with Crippen molar-refractivity contribution in [1.82, 2.24) is 9.72 Å². The van der Waals surface area contributed by atoms with Gasteiger partial charge in [-0.1, -0.05) is 47.6 Å². The van der Waals surface area contributed by atoms with Crippen molar-refractivity contribution in [3.8, 4) is 11.3 Å². The number of hydrogen-bond donors (Lipinski definition) is 1. The van der Waals surface area contributed by atoms with Crippen molar-refractivity contribution in [3.63, 3.8) is 0 Å². The third-order valence-electron chi connectivity index (χ3n) is 3.99. The molecule has 4 rings (SSSR count). The number of hydrogen-bond acceptors (Lipinski definition) is 3. The van der Waals surface area contributed by atoms with Crippen LogP contribution >= 0.6 is 0 Å². The van der Waals surface area contributed by atoms with E-state index in [4.69, 9.17) is 4.52 Å². The summed E-state index contributed by atoms with van der Waals surface area (Å²) in [5.41, 5.74) is 4.06. The number of nitrogens with one attached hydrogen (secondary N) is 1. The lowest BCUT2D eigenvalue weighted by Gasteiger charge is -2.06. The van der Waals surface area contributed by atoms with Gasteiger partial charge in [-0.15, -0.1) is 0 Å². The van der Waals surface area contributed by atoms with E-state index in [1.807, 2.05) is 18.2 Å². The third-order valence-corrected chi connectivity index (χ3v) is 3.99. The summed E-state index contributed by atoms with van der Waals surface area (Å²) in [4.78, 5) is 10.4. The summed E-state index contributed by atoms with van der Waals surface area (Å²) in [5.74, 6) is 0.336. The van der Waals surface area contributed by atoms with Crippen molar-refractivity contribution in [3.05, 3.63) is 72.4 Å². The summed E-state index contributed by atoms with van der Waals surface area (Å²) < 4.78 is 7.26. The number of amides is 1. The Morgan fingerprint density at radius 1 is 1.08 bits per heavy atom. The minimum atomic E-state index is 0.336. The molecule has 2 aromatic carbocycles. The molecule has 0 atom stereocenters. The van der Waals surface area contributed by atoms with Crippen LogP contribution in [0.15, 0.2) is 71.4 Å². The Balaban J connectivity index is 1.56. The third kappa shape index (κ3) is 2.67. The van der Waals surface area contributed by atoms with Crippen molar-refractivity contribution in [1.29, 1.82) is 0 Å². The van der Waals surface area contributed by atoms with Gasteiger partial charge >= 0.3 is 0 Å². The maximum atomic E-state index is 10.4. The fourth-order valence-electron chi connectivity index (χ4n) is 2.79. The number of aromatic nitrogens is 2. The van der Waals surface area contributed by atoms with E-state index in [0.29, 0.717) is 18.0 Å². The first-order chi connectivity index (χ1) is 11.8. The number of benzene rings is 2. The normalized spacial score (nSPS) is 10.8. The summed E-state index contributed by atoms with van der Waals surface area (Å²) >= 11 is 0. The first kappa shape index (κ1) is 14.3. The Morgan fingerprint density at radius 2 is 1.92 bits per heavy atom. The lowest BCUT2D eigenvalue weighted by Crippen LogP contribution is -1.97. The molecule has 118 valence electrons. The predicted molar refractivity (Wildman–Crippen MR) is 92.7 cm³/mol. The largest absolute Gasteiger partial charge is 0.343 e. The Bertz CT molecular complexity index is 983. The van der Waals surface area contributed by atoms with Gasteiger partial charge in [0.15, 0.2) is 0 Å². The second-order valence-corrected chi connectivity index (χ2v) is 5.54. The van der Waals surface area contributed by atoms with Gasteiger partial charge in [0.2, 0.25) is 12.3 Å². The van der Waals surface area contributed by atoms with Gasteiger partial charge in [0.1, 0.15) is 5.69 Å². The van der Waals surface area contributed by atoms with Gasteiger partial charge in [-0.3, -0.25) is 10.1 Å². The first-order valence-electron chi connectivity index (χ1n) is 7.63. The zero-order valence-corrected chi connectivity index (χ0v) is 12.8. The lowest BCUT2D eigenvalue weighted by atomic mass is 10.1. The highest BCUT2D eigenvalue weighted by Gasteiger charge is 2.06. The molecule has 0 aliphatic rings. The highest BCUT2D eigenvalue weighted by atomic mass is 16.5. The van der Waals surface area contributed by atoms with Crippen LogP contribution in [-0.4, -0.2) is 16.1 Å². The molecule has 0 spiro atoms. The van der Waals surface area contributed by atoms with Gasteiger partial charge in [-0.05, 0) is 23.1 Å². The molecule has 4 aromatic rings. The number of carbonyl (C=O) groups excluding carboxylic acids is 1. The Hall–Kier alpha value is -3.34. The minimum Gasteiger partial charge on any atom is -0.343 e. The van der Waals surface area contributed by atoms with Crippen LogP contribution in [0.1, 0.15) is 5.56 Å². The van der Waals surface area contributed by atoms with E-state index >= 15 is 0 Å². The average Bonchev–Trinajstić information content (AvgIpc) is 3.24. The van der Waals surface area contributed by atoms with Crippen molar-refractivity contribution in [2.45, 2.75) is 6.54 Å². The molecule has 2 heterocycles. The molecule has 0 saturated carbocycles. The first-order valence-corrected chi connectivity index (χ1v) is 7.63. The standard InChI is InChI=1S/C19H15N3O2/c23-13-20-19-11-17(21-24-19)15-7-5-14(6-8-15)12-22-10-9-16-3-1-2-4-18(16)22/h1-11,13H,12H2,(H,20,23). The van der Waals surface area contributed by atoms with E-state index in [2.05, 4.69) is 57.6 Å². The Kier molecular flexibility index (Phi) is 3.59. The van der Waals surface area contributed by atoms with Gasteiger partial charge in [0.05, 0.1) is 0 Å². The number of nitrogens with zero attached hydrogens (tertiary/aromatic N) is 2. The predicted octanol–water partition coefficient (Wildman–Crippen LogP) is 3.91. The number of anilines is 1. The van der Waals surface area contributed by atoms with E-state index in [1.165, 1.54) is 16.5 Å². The molecule has 24 heavy (non-hydrogen) atoms. The molecule has 0 saturated heterocycles. The van der Waals surface area contributed by atoms with E-state index in [0.717, 1.165) is 12.1 Å². The van der Waals surface area contributed by atoms with Gasteiger partial charge in [-0.2, -0.15) is 0 Å². The molecule has 0 fully saturated rings. The van der Waals surface area contributed by atoms with E-state index in [1.54, 1.807) is 6.07 Å². The van der Waals surface area contributed by atoms with Gasteiger partial charge in [-0.25, -0.2) is 0 Å². The SMILES string of the molecule is O=CNc1cc(-c2ccc(Cn3ccc4ccccc43)cc2)no1. The molecular formula is C19H15N3O2. The molecule has 1 N–H and O–H groups in total. The summed E-state index contributed by atoms with van der Waals surface area (Å²) in [6.45, 7) is 0.810. The summed E-state index contributed by atoms with van der Waals surface area (Å²) in [5, 5.41) is 7.64. The molecule has 0 aliphatic heterocycles. The maximum Gasteiger partial charge on any atom is 0.231 e. The highest BCUT2D eigenvalue weighted by molar-refractivity contribution is 5.80. The van der Waals surface area contributed by atoms with Crippen LogP contribution in [-0.2, 0) is 11.3 Å². The van der Waals surface area contributed by atoms with Crippen LogP contribution in [0.2, 0.25) is 0 Å². The van der Waals surface area contributed by atoms with Crippen LogP contribution < -0.4 is 5.32 Å². The molecule has 2 aromatic heterocycles. The zero-order chi connectivity index (χ0) is 16.4. The average molecular weight is 317 g/mol. The second kappa shape index (κ2) is 6.04. The fourth-order valence-corrected chi connectivity index (χ4v) is 2.79. The minimum absolute atomic E-state index is 0.336. The van der Waals surface area contributed by atoms with E-state index in [9.17, 15) is 4.79 Å². The smallest absolute Gasteiger partial charge is 0.231 e. The maximum absolute atomic E-state index is 10.4. The molecule has 5 nitrogen and oxygen atoms in total. The quantitative estimate of drug-likeness (QED) is 0.568. The molecule has 0 bridgehead atoms. The highest BCUT2D eigenvalue weighted by Crippen LogP contribution is 2.23. The monoisotopic (exact) mass is 317 g/mol. The van der Waals surface area contributed by atoms with Gasteiger partial charge in [0.25, 0.3) is 0 Å². The van der Waals surface area contributed by atoms with Crippen molar-refractivity contribution >= 4 is 23.2 Å². The van der Waals surface area contributed by atoms with Crippen LogP contribution in [0, 0.1) is 0 Å². The molecule has 0 aliphatic carbocycles. The molecule has 5 heteroatoms. The summed E-state index contributed by atoms with van der Waals surface area (Å²) in [6, 6.07) is 20.3. The number of carbonyl (C=O) groups is 1. The number of fused-ring (bicyclic) bond motifs is 1. The van der Waals surface area contributed by atoms with Crippen molar-refractivity contribution in [2.24, 2.45) is 0 Å². The van der Waals surface area contributed by atoms with Gasteiger partial charge in [0, 0.05) is 29.9 Å². The van der Waals surface area contributed by atoms with Crippen molar-refractivity contribution < 1.29 is 9.32 Å². The summed E-state index contributed by atoms with van der Waals surface area (Å²) in [6.07, 6.45) is 2.67. The number of para-hydroxylation sites is 1. The zero-order valence-electron chi connectivity index (χ0n) is 12.8. The van der Waals surface area contributed by atoms with E-state index in [-0.39, 0.29) is 0 Å². The van der Waals surface area contributed by atoms with E-state index < -0.39 is 0 Å².